The van der Waals surface area contributed by atoms with Crippen molar-refractivity contribution in [2.45, 2.75) is 13.5 Å². The Morgan fingerprint density at radius 1 is 1.06 bits per heavy atom. The van der Waals surface area contributed by atoms with E-state index >= 15 is 0 Å². The van der Waals surface area contributed by atoms with E-state index in [2.05, 4.69) is 5.10 Å². The maximum atomic E-state index is 12.1. The van der Waals surface area contributed by atoms with Gasteiger partial charge >= 0.3 is 5.97 Å². The number of hydrogen-bond donors (Lipinski definition) is 1. The Hall–Kier alpha value is -4.07. The summed E-state index contributed by atoms with van der Waals surface area (Å²) in [7, 11) is 2.88. The molecule has 0 saturated heterocycles. The molecule has 8 nitrogen and oxygen atoms in total. The van der Waals surface area contributed by atoms with E-state index in [1.807, 2.05) is 0 Å². The maximum Gasteiger partial charge on any atom is 0.337 e. The zero-order chi connectivity index (χ0) is 22.4. The van der Waals surface area contributed by atoms with E-state index in [1.165, 1.54) is 26.5 Å². The monoisotopic (exact) mass is 421 g/mol. The molecule has 0 atom stereocenters. The van der Waals surface area contributed by atoms with Gasteiger partial charge < -0.3 is 19.9 Å². The number of carbonyl (C=O) groups is 1. The fraction of sp³-hybridized carbons (Fsp3) is 0.174. The maximum absolute atomic E-state index is 12.1. The number of esters is 1. The van der Waals surface area contributed by atoms with Crippen LogP contribution in [0.4, 0.5) is 5.82 Å². The van der Waals surface area contributed by atoms with Crippen molar-refractivity contribution in [1.82, 2.24) is 4.68 Å². The van der Waals surface area contributed by atoms with Gasteiger partial charge in [-0.15, -0.1) is 0 Å². The lowest BCUT2D eigenvalue weighted by Crippen LogP contribution is -2.19. The van der Waals surface area contributed by atoms with Crippen LogP contribution in [0.5, 0.6) is 11.5 Å². The smallest absolute Gasteiger partial charge is 0.337 e. The first kappa shape index (κ1) is 21.6. The third-order valence-electron chi connectivity index (χ3n) is 4.46. The highest BCUT2D eigenvalue weighted by molar-refractivity contribution is 5.89. The third kappa shape index (κ3) is 5.30. The highest BCUT2D eigenvalue weighted by Crippen LogP contribution is 2.28. The zero-order valence-corrected chi connectivity index (χ0v) is 17.5. The van der Waals surface area contributed by atoms with Crippen LogP contribution in [0.1, 0.15) is 27.0 Å². The van der Waals surface area contributed by atoms with Crippen LogP contribution < -0.4 is 20.8 Å². The van der Waals surface area contributed by atoms with Crippen molar-refractivity contribution in [3.05, 3.63) is 87.2 Å². The molecule has 3 aromatic rings. The lowest BCUT2D eigenvalue weighted by atomic mass is 10.1. The number of aromatic nitrogens is 1. The number of nitrogen functional groups attached to an aromatic ring is 1. The second-order valence-electron chi connectivity index (χ2n) is 6.74. The van der Waals surface area contributed by atoms with Gasteiger partial charge in [0.2, 0.25) is 0 Å². The lowest BCUT2D eigenvalue weighted by Gasteiger charge is -2.11. The first-order valence-corrected chi connectivity index (χ1v) is 9.43. The van der Waals surface area contributed by atoms with Crippen LogP contribution in [0.15, 0.2) is 64.5 Å². The molecule has 0 radical (unpaired) electrons. The molecule has 0 spiro atoms. The second-order valence-corrected chi connectivity index (χ2v) is 6.74. The molecule has 8 heteroatoms. The number of rotatable bonds is 7. The summed E-state index contributed by atoms with van der Waals surface area (Å²) in [5.74, 6) is 0.926. The Balaban J connectivity index is 1.73. The standard InChI is InChI=1S/C23H23N3O5/c1-15-10-21(24)26(22(27)11-15)25-13-17-6-9-19(20(12-17)29-2)31-14-16-4-7-18(8-5-16)23(28)30-3/h4-13H,14,24H2,1-3H3. The van der Waals surface area contributed by atoms with Gasteiger partial charge in [0.1, 0.15) is 12.4 Å². The van der Waals surface area contributed by atoms with Crippen molar-refractivity contribution in [1.29, 1.82) is 0 Å². The molecule has 1 heterocycles. The summed E-state index contributed by atoms with van der Waals surface area (Å²) in [6.45, 7) is 2.09. The van der Waals surface area contributed by atoms with Crippen LogP contribution in [0.3, 0.4) is 0 Å². The summed E-state index contributed by atoms with van der Waals surface area (Å²) in [6.07, 6.45) is 1.52. The highest BCUT2D eigenvalue weighted by atomic mass is 16.5. The van der Waals surface area contributed by atoms with Gasteiger partial charge in [-0.2, -0.15) is 9.78 Å². The predicted molar refractivity (Wildman–Crippen MR) is 118 cm³/mol. The number of nitrogens with two attached hydrogens (primary N) is 1. The molecule has 2 aromatic carbocycles. The van der Waals surface area contributed by atoms with E-state index in [9.17, 15) is 9.59 Å². The number of pyridine rings is 1. The van der Waals surface area contributed by atoms with Crippen molar-refractivity contribution in [2.24, 2.45) is 5.10 Å². The number of carbonyl (C=O) groups excluding carboxylic acids is 1. The van der Waals surface area contributed by atoms with Crippen molar-refractivity contribution >= 4 is 18.0 Å². The number of methoxy groups -OCH3 is 2. The molecule has 31 heavy (non-hydrogen) atoms. The average molecular weight is 421 g/mol. The molecular formula is C23H23N3O5. The number of ether oxygens (including phenoxy) is 3. The topological polar surface area (TPSA) is 105 Å². The normalized spacial score (nSPS) is 10.8. The van der Waals surface area contributed by atoms with Crippen molar-refractivity contribution in [3.63, 3.8) is 0 Å². The molecule has 0 aliphatic heterocycles. The Morgan fingerprint density at radius 3 is 2.45 bits per heavy atom. The largest absolute Gasteiger partial charge is 0.493 e. The van der Waals surface area contributed by atoms with E-state index in [1.54, 1.807) is 55.5 Å². The molecule has 0 fully saturated rings. The summed E-state index contributed by atoms with van der Waals surface area (Å²) in [4.78, 5) is 23.6. The summed E-state index contributed by atoms with van der Waals surface area (Å²) in [5.41, 5.74) is 8.41. The summed E-state index contributed by atoms with van der Waals surface area (Å²) in [5, 5.41) is 4.16. The number of hydrogen-bond acceptors (Lipinski definition) is 7. The summed E-state index contributed by atoms with van der Waals surface area (Å²) >= 11 is 0. The molecule has 0 saturated carbocycles. The Morgan fingerprint density at radius 2 is 1.81 bits per heavy atom. The summed E-state index contributed by atoms with van der Waals surface area (Å²) in [6, 6.07) is 15.4. The van der Waals surface area contributed by atoms with Crippen LogP contribution in [0.2, 0.25) is 0 Å². The molecular weight excluding hydrogens is 398 g/mol. The Labute approximate surface area is 179 Å². The van der Waals surface area contributed by atoms with Gasteiger partial charge in [-0.3, -0.25) is 4.79 Å². The van der Waals surface area contributed by atoms with Gasteiger partial charge in [-0.05, 0) is 60.0 Å². The molecule has 3 rings (SSSR count). The molecule has 1 aromatic heterocycles. The van der Waals surface area contributed by atoms with E-state index in [4.69, 9.17) is 19.9 Å². The molecule has 0 aliphatic carbocycles. The third-order valence-corrected chi connectivity index (χ3v) is 4.46. The van der Waals surface area contributed by atoms with Gasteiger partial charge in [-0.25, -0.2) is 4.79 Å². The van der Waals surface area contributed by atoms with E-state index in [0.29, 0.717) is 29.2 Å². The average Bonchev–Trinajstić information content (AvgIpc) is 2.77. The van der Waals surface area contributed by atoms with Crippen molar-refractivity contribution in [3.8, 4) is 11.5 Å². The van der Waals surface area contributed by atoms with Crippen molar-refractivity contribution < 1.29 is 19.0 Å². The van der Waals surface area contributed by atoms with Crippen molar-refractivity contribution in [2.75, 3.05) is 20.0 Å². The quantitative estimate of drug-likeness (QED) is 0.464. The van der Waals surface area contributed by atoms with E-state index < -0.39 is 0 Å². The molecule has 0 unspecified atom stereocenters. The van der Waals surface area contributed by atoms with Crippen LogP contribution >= 0.6 is 0 Å². The van der Waals surface area contributed by atoms with Gasteiger partial charge in [0.25, 0.3) is 5.56 Å². The summed E-state index contributed by atoms with van der Waals surface area (Å²) < 4.78 is 17.1. The minimum Gasteiger partial charge on any atom is -0.493 e. The van der Waals surface area contributed by atoms with Crippen LogP contribution in [-0.2, 0) is 11.3 Å². The second kappa shape index (κ2) is 9.62. The number of nitrogens with zero attached hydrogens (tertiary/aromatic N) is 2. The molecule has 160 valence electrons. The molecule has 0 aliphatic rings. The first-order valence-electron chi connectivity index (χ1n) is 9.43. The Kier molecular flexibility index (Phi) is 6.71. The zero-order valence-electron chi connectivity index (χ0n) is 17.5. The number of aryl methyl sites for hydroxylation is 1. The predicted octanol–water partition coefficient (Wildman–Crippen LogP) is 3.00. The van der Waals surface area contributed by atoms with E-state index in [-0.39, 0.29) is 17.3 Å². The first-order chi connectivity index (χ1) is 14.9. The minimum atomic E-state index is -0.388. The van der Waals surface area contributed by atoms with Gasteiger partial charge in [0.15, 0.2) is 11.5 Å². The molecule has 0 amide bonds. The lowest BCUT2D eigenvalue weighted by molar-refractivity contribution is 0.0600. The number of anilines is 1. The number of benzene rings is 2. The van der Waals surface area contributed by atoms with Crippen LogP contribution in [-0.4, -0.2) is 31.1 Å². The molecule has 2 N–H and O–H groups in total. The van der Waals surface area contributed by atoms with Gasteiger partial charge in [-0.1, -0.05) is 12.1 Å². The molecule has 0 bridgehead atoms. The van der Waals surface area contributed by atoms with Crippen LogP contribution in [0.25, 0.3) is 0 Å². The SMILES string of the molecule is COC(=O)c1ccc(COc2ccc(C=Nn3c(N)cc(C)cc3=O)cc2OC)cc1. The highest BCUT2D eigenvalue weighted by Gasteiger charge is 2.08. The van der Waals surface area contributed by atoms with Crippen LogP contribution in [0, 0.1) is 6.92 Å². The van der Waals surface area contributed by atoms with E-state index in [0.717, 1.165) is 15.8 Å². The fourth-order valence-corrected chi connectivity index (χ4v) is 2.87. The minimum absolute atomic E-state index is 0.256. The van der Waals surface area contributed by atoms with Gasteiger partial charge in [0, 0.05) is 6.07 Å². The van der Waals surface area contributed by atoms with Gasteiger partial charge in [0.05, 0.1) is 26.0 Å². The Bertz CT molecular complexity index is 1170. The fourth-order valence-electron chi connectivity index (χ4n) is 2.87.